The first-order valence-corrected chi connectivity index (χ1v) is 20.5. The van der Waals surface area contributed by atoms with E-state index in [1.165, 1.54) is 105 Å². The van der Waals surface area contributed by atoms with Gasteiger partial charge in [0.2, 0.25) is 0 Å². The van der Waals surface area contributed by atoms with Gasteiger partial charge in [-0.05, 0) is 168 Å². The zero-order valence-corrected chi connectivity index (χ0v) is 32.8. The third-order valence-electron chi connectivity index (χ3n) is 13.9. The summed E-state index contributed by atoms with van der Waals surface area (Å²) in [6.45, 7) is 11.7. The highest BCUT2D eigenvalue weighted by molar-refractivity contribution is 5.92. The van der Waals surface area contributed by atoms with Gasteiger partial charge in [-0.25, -0.2) is 0 Å². The van der Waals surface area contributed by atoms with Crippen molar-refractivity contribution in [2.24, 2.45) is 0 Å². The van der Waals surface area contributed by atoms with Gasteiger partial charge in [0.1, 0.15) is 0 Å². The van der Waals surface area contributed by atoms with Crippen LogP contribution >= 0.6 is 0 Å². The molecular weight excluding hydrogens is 661 g/mol. The van der Waals surface area contributed by atoms with E-state index in [-0.39, 0.29) is 10.8 Å². The molecule has 0 bridgehead atoms. The Morgan fingerprint density at radius 1 is 0.309 bits per heavy atom. The van der Waals surface area contributed by atoms with Crippen LogP contribution in [0.25, 0.3) is 77.2 Å². The monoisotopic (exact) mass is 708 g/mol. The van der Waals surface area contributed by atoms with Crippen LogP contribution in [0.4, 0.5) is 0 Å². The zero-order chi connectivity index (χ0) is 37.5. The maximum Gasteiger partial charge on any atom is 0.0210 e. The Bertz CT molecular complexity index is 2820. The summed E-state index contributed by atoms with van der Waals surface area (Å²) in [4.78, 5) is 0. The molecule has 0 aliphatic heterocycles. The number of benzene rings is 8. The summed E-state index contributed by atoms with van der Waals surface area (Å²) in [6, 6.07) is 58.4. The Morgan fingerprint density at radius 3 is 1.04 bits per heavy atom. The molecule has 2 aliphatic rings. The zero-order valence-electron chi connectivity index (χ0n) is 32.8. The molecule has 0 nitrogen and oxygen atoms in total. The van der Waals surface area contributed by atoms with Crippen LogP contribution < -0.4 is 0 Å². The minimum atomic E-state index is -0.0205. The lowest BCUT2D eigenvalue weighted by molar-refractivity contribution is 0.490. The molecule has 10 rings (SSSR count). The summed E-state index contributed by atoms with van der Waals surface area (Å²) in [7, 11) is 0. The lowest BCUT2D eigenvalue weighted by Gasteiger charge is -2.31. The first kappa shape index (κ1) is 33.8. The van der Waals surface area contributed by atoms with Gasteiger partial charge < -0.3 is 0 Å². The van der Waals surface area contributed by atoms with Crippen LogP contribution in [0, 0.1) is 6.92 Å². The summed E-state index contributed by atoms with van der Waals surface area (Å²) in [5, 5.41) is 5.18. The molecule has 0 unspecified atom stereocenters. The van der Waals surface area contributed by atoms with Gasteiger partial charge in [-0.1, -0.05) is 149 Å². The maximum absolute atomic E-state index is 2.54. The molecule has 0 fully saturated rings. The molecule has 268 valence electrons. The fourth-order valence-corrected chi connectivity index (χ4v) is 10.6. The van der Waals surface area contributed by atoms with Gasteiger partial charge in [0.25, 0.3) is 0 Å². The average molecular weight is 709 g/mol. The smallest absolute Gasteiger partial charge is 0.0210 e. The molecule has 0 saturated carbocycles. The third kappa shape index (κ3) is 4.97. The van der Waals surface area contributed by atoms with Gasteiger partial charge in [0.15, 0.2) is 0 Å². The van der Waals surface area contributed by atoms with Crippen LogP contribution in [-0.2, 0) is 10.8 Å². The van der Waals surface area contributed by atoms with Gasteiger partial charge in [0.05, 0.1) is 0 Å². The fourth-order valence-electron chi connectivity index (χ4n) is 10.6. The largest absolute Gasteiger partial charge is 0.0642 e. The standard InChI is InChI=1S/C55H48/c1-6-54(7-2)50-31-42(40-17-16-36-12-10-11-13-37(36)29-40)20-24-46(50)48-26-22-44(33-52(48)54)45-23-27-49-47-25-21-43(32-51(47)55(8-3,9-4)53(49)34-45)41-19-18-38-28-35(5)14-15-39(38)30-41/h10-34H,6-9H2,1-5H3. The SMILES string of the molecule is CCC1(CC)c2cc(-c3ccc4c(c3)C(CC)(CC)c3cc(-c5ccc6cc(C)ccc6c5)ccc3-4)ccc2-c2ccc(-c3ccc4ccccc4c3)cc21. The molecule has 0 atom stereocenters. The van der Waals surface area contributed by atoms with Crippen molar-refractivity contribution in [3.8, 4) is 55.6 Å². The highest BCUT2D eigenvalue weighted by Gasteiger charge is 2.42. The van der Waals surface area contributed by atoms with E-state index in [0.717, 1.165) is 25.7 Å². The molecule has 0 heteroatoms. The minimum absolute atomic E-state index is 0.0188. The van der Waals surface area contributed by atoms with Gasteiger partial charge >= 0.3 is 0 Å². The summed E-state index contributed by atoms with van der Waals surface area (Å²) in [5.74, 6) is 0. The molecule has 55 heavy (non-hydrogen) atoms. The highest BCUT2D eigenvalue weighted by Crippen LogP contribution is 2.56. The number of fused-ring (bicyclic) bond motifs is 8. The van der Waals surface area contributed by atoms with Crippen LogP contribution in [0.5, 0.6) is 0 Å². The van der Waals surface area contributed by atoms with Crippen molar-refractivity contribution >= 4 is 21.5 Å². The molecule has 0 N–H and O–H groups in total. The number of aryl methyl sites for hydroxylation is 1. The lowest BCUT2D eigenvalue weighted by atomic mass is 9.72. The normalized spacial score (nSPS) is 14.5. The van der Waals surface area contributed by atoms with Crippen molar-refractivity contribution in [2.45, 2.75) is 71.1 Å². The summed E-state index contributed by atoms with van der Waals surface area (Å²) >= 11 is 0. The summed E-state index contributed by atoms with van der Waals surface area (Å²) in [6.07, 6.45) is 4.28. The van der Waals surface area contributed by atoms with Crippen LogP contribution in [0.1, 0.15) is 81.2 Å². The summed E-state index contributed by atoms with van der Waals surface area (Å²) in [5.41, 5.74) is 20.6. The van der Waals surface area contributed by atoms with E-state index in [1.54, 1.807) is 0 Å². The third-order valence-corrected chi connectivity index (χ3v) is 13.9. The molecule has 0 saturated heterocycles. The molecule has 8 aromatic carbocycles. The van der Waals surface area contributed by atoms with Crippen molar-refractivity contribution in [3.63, 3.8) is 0 Å². The molecule has 2 aliphatic carbocycles. The van der Waals surface area contributed by atoms with Crippen molar-refractivity contribution in [1.82, 2.24) is 0 Å². The maximum atomic E-state index is 2.54. The Labute approximate surface area is 326 Å². The first-order chi connectivity index (χ1) is 26.9. The van der Waals surface area contributed by atoms with E-state index in [9.17, 15) is 0 Å². The van der Waals surface area contributed by atoms with E-state index in [2.05, 4.69) is 186 Å². The van der Waals surface area contributed by atoms with E-state index in [4.69, 9.17) is 0 Å². The Balaban J connectivity index is 1.04. The van der Waals surface area contributed by atoms with Crippen LogP contribution in [0.15, 0.2) is 152 Å². The highest BCUT2D eigenvalue weighted by atomic mass is 14.5. The minimum Gasteiger partial charge on any atom is -0.0642 e. The van der Waals surface area contributed by atoms with Crippen molar-refractivity contribution < 1.29 is 0 Å². The van der Waals surface area contributed by atoms with E-state index in [0.29, 0.717) is 0 Å². The van der Waals surface area contributed by atoms with E-state index in [1.807, 2.05) is 0 Å². The number of hydrogen-bond acceptors (Lipinski definition) is 0. The lowest BCUT2D eigenvalue weighted by Crippen LogP contribution is -2.23. The van der Waals surface area contributed by atoms with Crippen molar-refractivity contribution in [3.05, 3.63) is 179 Å². The summed E-state index contributed by atoms with van der Waals surface area (Å²) < 4.78 is 0. The molecule has 0 heterocycles. The second-order valence-electron chi connectivity index (χ2n) is 16.2. The van der Waals surface area contributed by atoms with Crippen LogP contribution in [0.3, 0.4) is 0 Å². The van der Waals surface area contributed by atoms with Crippen molar-refractivity contribution in [1.29, 1.82) is 0 Å². The van der Waals surface area contributed by atoms with Gasteiger partial charge in [0, 0.05) is 10.8 Å². The first-order valence-electron chi connectivity index (χ1n) is 20.5. The topological polar surface area (TPSA) is 0 Å². The van der Waals surface area contributed by atoms with Gasteiger partial charge in [-0.3, -0.25) is 0 Å². The molecule has 0 radical (unpaired) electrons. The second kappa shape index (κ2) is 12.7. The molecule has 0 spiro atoms. The number of hydrogen-bond donors (Lipinski definition) is 0. The molecule has 8 aromatic rings. The van der Waals surface area contributed by atoms with E-state index < -0.39 is 0 Å². The predicted molar refractivity (Wildman–Crippen MR) is 236 cm³/mol. The quantitative estimate of drug-likeness (QED) is 0.155. The molecular formula is C55H48. The van der Waals surface area contributed by atoms with E-state index >= 15 is 0 Å². The van der Waals surface area contributed by atoms with Crippen molar-refractivity contribution in [2.75, 3.05) is 0 Å². The number of rotatable bonds is 7. The Hall–Kier alpha value is -5.72. The molecule has 0 amide bonds. The average Bonchev–Trinajstić information content (AvgIpc) is 3.68. The fraction of sp³-hybridized carbons (Fsp3) is 0.200. The Kier molecular flexibility index (Phi) is 7.79. The second-order valence-corrected chi connectivity index (χ2v) is 16.2. The van der Waals surface area contributed by atoms with Gasteiger partial charge in [-0.15, -0.1) is 0 Å². The van der Waals surface area contributed by atoms with Crippen LogP contribution in [-0.4, -0.2) is 0 Å². The molecule has 0 aromatic heterocycles. The van der Waals surface area contributed by atoms with Crippen LogP contribution in [0.2, 0.25) is 0 Å². The predicted octanol–water partition coefficient (Wildman–Crippen LogP) is 15.5. The van der Waals surface area contributed by atoms with Gasteiger partial charge in [-0.2, -0.15) is 0 Å². The Morgan fingerprint density at radius 2 is 0.618 bits per heavy atom.